The number of carbonyl (C=O) groups excluding carboxylic acids is 1. The van der Waals surface area contributed by atoms with Crippen LogP contribution in [0.2, 0.25) is 0 Å². The molecule has 0 spiro atoms. The zero-order valence-corrected chi connectivity index (χ0v) is 16.6. The summed E-state index contributed by atoms with van der Waals surface area (Å²) in [5.41, 5.74) is 3.52. The van der Waals surface area contributed by atoms with E-state index in [2.05, 4.69) is 48.6 Å². The Morgan fingerprint density at radius 1 is 1.00 bits per heavy atom. The number of amides is 2. The van der Waals surface area contributed by atoms with Crippen LogP contribution in [0.5, 0.6) is 0 Å². The number of carbonyl (C=O) groups is 1. The van der Waals surface area contributed by atoms with E-state index in [1.807, 2.05) is 23.1 Å². The van der Waals surface area contributed by atoms with E-state index in [4.69, 9.17) is 9.47 Å². The number of nitrogens with zero attached hydrogens (tertiary/aromatic N) is 1. The largest absolute Gasteiger partial charge is 0.376 e. The number of nitrogens with one attached hydrogen (secondary N) is 1. The first-order valence-corrected chi connectivity index (χ1v) is 10.0. The Bertz CT molecular complexity index is 710. The monoisotopic (exact) mass is 382 g/mol. The topological polar surface area (TPSA) is 50.8 Å². The summed E-state index contributed by atoms with van der Waals surface area (Å²) in [6, 6.07) is 18.4. The maximum Gasteiger partial charge on any atom is 0.317 e. The minimum Gasteiger partial charge on any atom is -0.376 e. The van der Waals surface area contributed by atoms with Crippen LogP contribution < -0.4 is 5.32 Å². The van der Waals surface area contributed by atoms with Crippen LogP contribution in [0.15, 0.2) is 54.6 Å². The van der Waals surface area contributed by atoms with E-state index in [0.29, 0.717) is 26.4 Å². The Balaban J connectivity index is 1.26. The molecule has 2 aromatic carbocycles. The van der Waals surface area contributed by atoms with Gasteiger partial charge in [0.25, 0.3) is 0 Å². The summed E-state index contributed by atoms with van der Waals surface area (Å²) in [4.78, 5) is 14.2. The molecule has 1 N–H and O–H groups in total. The van der Waals surface area contributed by atoms with Crippen LogP contribution >= 0.6 is 0 Å². The zero-order valence-electron chi connectivity index (χ0n) is 16.6. The smallest absolute Gasteiger partial charge is 0.317 e. The Morgan fingerprint density at radius 2 is 1.71 bits per heavy atom. The number of benzene rings is 2. The number of likely N-dealkylation sites (tertiary alicyclic amines) is 1. The fourth-order valence-corrected chi connectivity index (χ4v) is 3.26. The average molecular weight is 383 g/mol. The lowest BCUT2D eigenvalue weighted by molar-refractivity contribution is -0.0208. The van der Waals surface area contributed by atoms with Gasteiger partial charge in [0.05, 0.1) is 25.9 Å². The van der Waals surface area contributed by atoms with E-state index in [1.54, 1.807) is 0 Å². The fourth-order valence-electron chi connectivity index (χ4n) is 3.26. The first-order valence-electron chi connectivity index (χ1n) is 10.0. The van der Waals surface area contributed by atoms with Crippen molar-refractivity contribution in [2.75, 3.05) is 26.3 Å². The van der Waals surface area contributed by atoms with Crippen LogP contribution in [-0.2, 0) is 22.6 Å². The van der Waals surface area contributed by atoms with Crippen molar-refractivity contribution in [1.82, 2.24) is 10.2 Å². The lowest BCUT2D eigenvalue weighted by Gasteiger charge is -2.32. The van der Waals surface area contributed by atoms with Gasteiger partial charge in [-0.25, -0.2) is 4.79 Å². The molecule has 1 heterocycles. The molecule has 1 aliphatic heterocycles. The summed E-state index contributed by atoms with van der Waals surface area (Å²) in [5.74, 6) is 0. The molecule has 2 amide bonds. The van der Waals surface area contributed by atoms with Crippen molar-refractivity contribution in [3.05, 3.63) is 71.3 Å². The molecule has 28 heavy (non-hydrogen) atoms. The maximum absolute atomic E-state index is 12.3. The van der Waals surface area contributed by atoms with E-state index in [1.165, 1.54) is 11.1 Å². The Labute approximate surface area is 167 Å². The molecule has 5 heteroatoms. The van der Waals surface area contributed by atoms with Gasteiger partial charge in [-0.2, -0.15) is 0 Å². The molecule has 1 saturated heterocycles. The third kappa shape index (κ3) is 6.66. The van der Waals surface area contributed by atoms with E-state index < -0.39 is 0 Å². The Morgan fingerprint density at radius 3 is 2.43 bits per heavy atom. The van der Waals surface area contributed by atoms with Crippen molar-refractivity contribution < 1.29 is 14.3 Å². The highest BCUT2D eigenvalue weighted by Gasteiger charge is 2.22. The van der Waals surface area contributed by atoms with Gasteiger partial charge in [0, 0.05) is 19.6 Å². The third-order valence-corrected chi connectivity index (χ3v) is 4.99. The number of urea groups is 1. The minimum absolute atomic E-state index is 0.00483. The van der Waals surface area contributed by atoms with Crippen LogP contribution in [0.4, 0.5) is 4.79 Å². The van der Waals surface area contributed by atoms with Gasteiger partial charge in [0.15, 0.2) is 0 Å². The van der Waals surface area contributed by atoms with Gasteiger partial charge >= 0.3 is 6.03 Å². The molecular formula is C23H30N2O3. The summed E-state index contributed by atoms with van der Waals surface area (Å²) in [7, 11) is 0. The third-order valence-electron chi connectivity index (χ3n) is 4.99. The van der Waals surface area contributed by atoms with Gasteiger partial charge in [-0.3, -0.25) is 0 Å². The zero-order chi connectivity index (χ0) is 19.6. The highest BCUT2D eigenvalue weighted by atomic mass is 16.5. The molecule has 0 unspecified atom stereocenters. The van der Waals surface area contributed by atoms with Gasteiger partial charge in [-0.1, -0.05) is 60.2 Å². The van der Waals surface area contributed by atoms with Crippen LogP contribution in [0, 0.1) is 6.92 Å². The van der Waals surface area contributed by atoms with Crippen LogP contribution in [0.1, 0.15) is 29.5 Å². The quantitative estimate of drug-likeness (QED) is 0.705. The molecule has 2 aromatic rings. The maximum atomic E-state index is 12.3. The first-order chi connectivity index (χ1) is 13.7. The Kier molecular flexibility index (Phi) is 7.88. The van der Waals surface area contributed by atoms with Crippen molar-refractivity contribution >= 4 is 6.03 Å². The average Bonchev–Trinajstić information content (AvgIpc) is 2.74. The number of rotatable bonds is 8. The lowest BCUT2D eigenvalue weighted by Crippen LogP contribution is -2.45. The summed E-state index contributed by atoms with van der Waals surface area (Å²) in [6.07, 6.45) is 1.95. The molecule has 0 aromatic heterocycles. The van der Waals surface area contributed by atoms with Crippen molar-refractivity contribution in [2.24, 2.45) is 0 Å². The van der Waals surface area contributed by atoms with Crippen molar-refractivity contribution in [1.29, 1.82) is 0 Å². The predicted octanol–water partition coefficient (Wildman–Crippen LogP) is 3.90. The molecule has 5 nitrogen and oxygen atoms in total. The van der Waals surface area contributed by atoms with E-state index in [0.717, 1.165) is 31.5 Å². The molecule has 1 fully saturated rings. The van der Waals surface area contributed by atoms with Crippen molar-refractivity contribution in [3.8, 4) is 0 Å². The highest BCUT2D eigenvalue weighted by Crippen LogP contribution is 2.14. The van der Waals surface area contributed by atoms with Gasteiger partial charge < -0.3 is 19.7 Å². The SMILES string of the molecule is Cc1ccc(CNC(=O)N2CCC(OCCOCc3ccccc3)CC2)cc1. The number of hydrogen-bond donors (Lipinski definition) is 1. The number of aryl methyl sites for hydroxylation is 1. The minimum atomic E-state index is 0.00483. The molecule has 0 radical (unpaired) electrons. The van der Waals surface area contributed by atoms with Crippen molar-refractivity contribution in [2.45, 2.75) is 39.0 Å². The standard InChI is InChI=1S/C23H30N2O3/c1-19-7-9-20(10-8-19)17-24-23(26)25-13-11-22(12-14-25)28-16-15-27-18-21-5-3-2-4-6-21/h2-10,22H,11-18H2,1H3,(H,24,26). The second kappa shape index (κ2) is 10.8. The summed E-state index contributed by atoms with van der Waals surface area (Å²) in [5, 5.41) is 3.00. The Hall–Kier alpha value is -2.37. The van der Waals surface area contributed by atoms with Gasteiger partial charge in [-0.15, -0.1) is 0 Å². The normalized spacial score (nSPS) is 14.8. The molecule has 0 atom stereocenters. The van der Waals surface area contributed by atoms with Gasteiger partial charge in [-0.05, 0) is 30.9 Å². The summed E-state index contributed by atoms with van der Waals surface area (Å²) >= 11 is 0. The van der Waals surface area contributed by atoms with Crippen LogP contribution in [-0.4, -0.2) is 43.3 Å². The van der Waals surface area contributed by atoms with Crippen LogP contribution in [0.25, 0.3) is 0 Å². The van der Waals surface area contributed by atoms with Gasteiger partial charge in [0.2, 0.25) is 0 Å². The molecule has 1 aliphatic rings. The second-order valence-electron chi connectivity index (χ2n) is 7.24. The number of hydrogen-bond acceptors (Lipinski definition) is 3. The molecule has 150 valence electrons. The number of ether oxygens (including phenoxy) is 2. The molecule has 0 bridgehead atoms. The van der Waals surface area contributed by atoms with Crippen LogP contribution in [0.3, 0.4) is 0 Å². The van der Waals surface area contributed by atoms with E-state index >= 15 is 0 Å². The summed E-state index contributed by atoms with van der Waals surface area (Å²) < 4.78 is 11.6. The molecule has 0 saturated carbocycles. The number of piperidine rings is 1. The van der Waals surface area contributed by atoms with Gasteiger partial charge in [0.1, 0.15) is 0 Å². The second-order valence-corrected chi connectivity index (χ2v) is 7.24. The molecule has 0 aliphatic carbocycles. The molecular weight excluding hydrogens is 352 g/mol. The summed E-state index contributed by atoms with van der Waals surface area (Å²) in [6.45, 7) is 5.88. The fraction of sp³-hybridized carbons (Fsp3) is 0.435. The molecule has 3 rings (SSSR count). The first kappa shape index (κ1) is 20.4. The van der Waals surface area contributed by atoms with Crippen molar-refractivity contribution in [3.63, 3.8) is 0 Å². The van der Waals surface area contributed by atoms with E-state index in [-0.39, 0.29) is 12.1 Å². The van der Waals surface area contributed by atoms with E-state index in [9.17, 15) is 4.79 Å². The predicted molar refractivity (Wildman–Crippen MR) is 110 cm³/mol. The lowest BCUT2D eigenvalue weighted by atomic mass is 10.1. The highest BCUT2D eigenvalue weighted by molar-refractivity contribution is 5.74.